The molecule has 0 atom stereocenters. The first-order valence-electron chi connectivity index (χ1n) is 7.83. The van der Waals surface area contributed by atoms with Crippen LogP contribution in [0.3, 0.4) is 0 Å². The van der Waals surface area contributed by atoms with E-state index in [0.29, 0.717) is 21.7 Å². The molecule has 1 fully saturated rings. The van der Waals surface area contributed by atoms with Gasteiger partial charge in [0.15, 0.2) is 11.5 Å². The Hall–Kier alpha value is -1.37. The van der Waals surface area contributed by atoms with Crippen LogP contribution >= 0.6 is 22.9 Å². The van der Waals surface area contributed by atoms with Gasteiger partial charge >= 0.3 is 0 Å². The highest BCUT2D eigenvalue weighted by molar-refractivity contribution is 7.19. The Morgan fingerprint density at radius 3 is 2.91 bits per heavy atom. The van der Waals surface area contributed by atoms with Crippen LogP contribution in [-0.4, -0.2) is 42.6 Å². The normalized spacial score (nSPS) is 16.0. The summed E-state index contributed by atoms with van der Waals surface area (Å²) in [5.41, 5.74) is 0.373. The summed E-state index contributed by atoms with van der Waals surface area (Å²) < 4.78 is 5.98. The summed E-state index contributed by atoms with van der Waals surface area (Å²) >= 11 is 7.34. The van der Waals surface area contributed by atoms with E-state index in [1.165, 1.54) is 17.8 Å². The Labute approximate surface area is 144 Å². The van der Waals surface area contributed by atoms with Crippen LogP contribution in [0.5, 0.6) is 0 Å². The molecule has 0 bridgehead atoms. The fraction of sp³-hybridized carbons (Fsp3) is 0.500. The SMILES string of the molecule is CNCCC1CCN(C(=O)c2cc(-c3ccc(Cl)s3)on2)CC1. The molecule has 1 N–H and O–H groups in total. The van der Waals surface area contributed by atoms with Gasteiger partial charge in [0, 0.05) is 19.2 Å². The molecule has 5 nitrogen and oxygen atoms in total. The molecule has 1 saturated heterocycles. The number of thiophene rings is 1. The average molecular weight is 354 g/mol. The molecule has 3 rings (SSSR count). The van der Waals surface area contributed by atoms with Gasteiger partial charge in [-0.2, -0.15) is 0 Å². The summed E-state index contributed by atoms with van der Waals surface area (Å²) in [4.78, 5) is 15.3. The second kappa shape index (κ2) is 7.47. The molecular weight excluding hydrogens is 334 g/mol. The number of nitrogens with one attached hydrogen (secondary N) is 1. The highest BCUT2D eigenvalue weighted by atomic mass is 35.5. The Morgan fingerprint density at radius 2 is 2.26 bits per heavy atom. The number of rotatable bonds is 5. The Kier molecular flexibility index (Phi) is 5.35. The largest absolute Gasteiger partial charge is 0.355 e. The predicted octanol–water partition coefficient (Wildman–Crippen LogP) is 3.52. The maximum absolute atomic E-state index is 12.5. The van der Waals surface area contributed by atoms with Gasteiger partial charge in [-0.1, -0.05) is 16.8 Å². The first kappa shape index (κ1) is 16.5. The van der Waals surface area contributed by atoms with Crippen LogP contribution in [0.15, 0.2) is 22.7 Å². The van der Waals surface area contributed by atoms with Crippen LogP contribution in [0.25, 0.3) is 10.6 Å². The van der Waals surface area contributed by atoms with Gasteiger partial charge in [0.05, 0.1) is 9.21 Å². The van der Waals surface area contributed by atoms with Gasteiger partial charge in [0.25, 0.3) is 5.91 Å². The molecule has 0 radical (unpaired) electrons. The van der Waals surface area contributed by atoms with E-state index in [9.17, 15) is 4.79 Å². The third-order valence-corrected chi connectivity index (χ3v) is 5.50. The van der Waals surface area contributed by atoms with E-state index in [0.717, 1.165) is 37.4 Å². The number of halogens is 1. The molecule has 0 aliphatic carbocycles. The molecule has 0 saturated carbocycles. The van der Waals surface area contributed by atoms with Crippen molar-refractivity contribution in [3.05, 3.63) is 28.2 Å². The Bertz CT molecular complexity index is 662. The summed E-state index contributed by atoms with van der Waals surface area (Å²) in [6.45, 7) is 2.62. The molecule has 3 heterocycles. The van der Waals surface area contributed by atoms with Gasteiger partial charge in [0.2, 0.25) is 0 Å². The lowest BCUT2D eigenvalue weighted by molar-refractivity contribution is 0.0677. The lowest BCUT2D eigenvalue weighted by Crippen LogP contribution is -2.39. The van der Waals surface area contributed by atoms with Crippen molar-refractivity contribution < 1.29 is 9.32 Å². The van der Waals surface area contributed by atoms with Gasteiger partial charge < -0.3 is 14.7 Å². The third-order valence-electron chi connectivity index (χ3n) is 4.25. The zero-order valence-electron chi connectivity index (χ0n) is 13.0. The van der Waals surface area contributed by atoms with Crippen molar-refractivity contribution in [3.8, 4) is 10.6 Å². The topological polar surface area (TPSA) is 58.4 Å². The highest BCUT2D eigenvalue weighted by Gasteiger charge is 2.25. The van der Waals surface area contributed by atoms with Crippen LogP contribution < -0.4 is 5.32 Å². The summed E-state index contributed by atoms with van der Waals surface area (Å²) in [7, 11) is 1.97. The summed E-state index contributed by atoms with van der Waals surface area (Å²) in [6, 6.07) is 5.38. The predicted molar refractivity (Wildman–Crippen MR) is 92.0 cm³/mol. The fourth-order valence-corrected chi connectivity index (χ4v) is 3.87. The van der Waals surface area contributed by atoms with Crippen LogP contribution in [0.2, 0.25) is 4.34 Å². The summed E-state index contributed by atoms with van der Waals surface area (Å²) in [5, 5.41) is 7.12. The van der Waals surface area contributed by atoms with E-state index >= 15 is 0 Å². The molecule has 7 heteroatoms. The molecule has 1 aliphatic heterocycles. The number of piperidine rings is 1. The first-order valence-corrected chi connectivity index (χ1v) is 9.03. The number of likely N-dealkylation sites (tertiary alicyclic amines) is 1. The standard InChI is InChI=1S/C16H20ClN3O2S/c1-18-7-4-11-5-8-20(9-6-11)16(21)12-10-13(22-19-12)14-2-3-15(17)23-14/h2-3,10-11,18H,4-9H2,1H3. The molecule has 0 unspecified atom stereocenters. The van der Waals surface area contributed by atoms with Crippen LogP contribution in [-0.2, 0) is 0 Å². The van der Waals surface area contributed by atoms with Crippen molar-refractivity contribution in [2.45, 2.75) is 19.3 Å². The van der Waals surface area contributed by atoms with E-state index in [4.69, 9.17) is 16.1 Å². The molecule has 124 valence electrons. The number of hydrogen-bond donors (Lipinski definition) is 1. The number of carbonyl (C=O) groups is 1. The second-order valence-corrected chi connectivity index (χ2v) is 7.52. The van der Waals surface area contributed by atoms with Crippen LogP contribution in [0.1, 0.15) is 29.8 Å². The number of amides is 1. The number of nitrogens with zero attached hydrogens (tertiary/aromatic N) is 2. The lowest BCUT2D eigenvalue weighted by Gasteiger charge is -2.31. The van der Waals surface area contributed by atoms with E-state index in [1.54, 1.807) is 6.07 Å². The summed E-state index contributed by atoms with van der Waals surface area (Å²) in [6.07, 6.45) is 3.28. The van der Waals surface area contributed by atoms with E-state index in [2.05, 4.69) is 10.5 Å². The minimum atomic E-state index is -0.0466. The van der Waals surface area contributed by atoms with Crippen molar-refractivity contribution in [2.24, 2.45) is 5.92 Å². The zero-order valence-corrected chi connectivity index (χ0v) is 14.6. The molecule has 2 aromatic heterocycles. The van der Waals surface area contributed by atoms with Crippen molar-refractivity contribution in [1.82, 2.24) is 15.4 Å². The third kappa shape index (κ3) is 3.94. The molecule has 1 aliphatic rings. The average Bonchev–Trinajstić information content (AvgIpc) is 3.21. The van der Waals surface area contributed by atoms with Crippen molar-refractivity contribution in [1.29, 1.82) is 0 Å². The minimum Gasteiger partial charge on any atom is -0.355 e. The molecule has 0 aromatic carbocycles. The van der Waals surface area contributed by atoms with Gasteiger partial charge in [-0.15, -0.1) is 11.3 Å². The van der Waals surface area contributed by atoms with Gasteiger partial charge in [0.1, 0.15) is 0 Å². The monoisotopic (exact) mass is 353 g/mol. The number of aromatic nitrogens is 1. The lowest BCUT2D eigenvalue weighted by atomic mass is 9.93. The van der Waals surface area contributed by atoms with Crippen molar-refractivity contribution >= 4 is 28.8 Å². The molecular formula is C16H20ClN3O2S. The van der Waals surface area contributed by atoms with Gasteiger partial charge in [-0.3, -0.25) is 4.79 Å². The van der Waals surface area contributed by atoms with Crippen LogP contribution in [0.4, 0.5) is 0 Å². The zero-order chi connectivity index (χ0) is 16.2. The van der Waals surface area contributed by atoms with E-state index < -0.39 is 0 Å². The maximum atomic E-state index is 12.5. The highest BCUT2D eigenvalue weighted by Crippen LogP contribution is 2.31. The van der Waals surface area contributed by atoms with Gasteiger partial charge in [-0.25, -0.2) is 0 Å². The van der Waals surface area contributed by atoms with E-state index in [1.807, 2.05) is 24.1 Å². The molecule has 23 heavy (non-hydrogen) atoms. The smallest absolute Gasteiger partial charge is 0.276 e. The molecule has 0 spiro atoms. The minimum absolute atomic E-state index is 0.0466. The Balaban J connectivity index is 1.60. The second-order valence-electron chi connectivity index (χ2n) is 5.81. The fourth-order valence-electron chi connectivity index (χ4n) is 2.87. The van der Waals surface area contributed by atoms with Crippen molar-refractivity contribution in [3.63, 3.8) is 0 Å². The van der Waals surface area contributed by atoms with E-state index in [-0.39, 0.29) is 5.91 Å². The van der Waals surface area contributed by atoms with Crippen molar-refractivity contribution in [2.75, 3.05) is 26.7 Å². The quantitative estimate of drug-likeness (QED) is 0.893. The Morgan fingerprint density at radius 1 is 1.48 bits per heavy atom. The molecule has 2 aromatic rings. The molecule has 1 amide bonds. The van der Waals surface area contributed by atoms with Gasteiger partial charge in [-0.05, 0) is 50.9 Å². The number of carbonyl (C=O) groups excluding carboxylic acids is 1. The van der Waals surface area contributed by atoms with Crippen LogP contribution in [0, 0.1) is 5.92 Å². The summed E-state index contributed by atoms with van der Waals surface area (Å²) in [5.74, 6) is 1.25. The number of hydrogen-bond acceptors (Lipinski definition) is 5. The maximum Gasteiger partial charge on any atom is 0.276 e. The first-order chi connectivity index (χ1) is 11.2.